The van der Waals surface area contributed by atoms with Crippen LogP contribution in [0.3, 0.4) is 0 Å². The van der Waals surface area contributed by atoms with E-state index in [1.54, 1.807) is 24.7 Å². The molecule has 0 fully saturated rings. The first-order valence-electron chi connectivity index (χ1n) is 6.14. The molecule has 1 N–H and O–H groups in total. The van der Waals surface area contributed by atoms with Gasteiger partial charge in [-0.1, -0.05) is 6.92 Å². The summed E-state index contributed by atoms with van der Waals surface area (Å²) < 4.78 is 14.7. The van der Waals surface area contributed by atoms with Gasteiger partial charge in [0.15, 0.2) is 0 Å². The van der Waals surface area contributed by atoms with Crippen molar-refractivity contribution < 1.29 is 4.39 Å². The molecule has 0 spiro atoms. The maximum Gasteiger partial charge on any atom is 0.146 e. The lowest BCUT2D eigenvalue weighted by atomic mass is 10.0. The first-order valence-corrected chi connectivity index (χ1v) is 6.93. The van der Waals surface area contributed by atoms with E-state index in [1.807, 2.05) is 13.0 Å². The molecule has 100 valence electrons. The molecule has 19 heavy (non-hydrogen) atoms. The molecule has 2 aromatic rings. The van der Waals surface area contributed by atoms with Crippen LogP contribution in [0.1, 0.15) is 24.2 Å². The highest BCUT2D eigenvalue weighted by molar-refractivity contribution is 9.10. The number of pyridine rings is 2. The number of halogens is 2. The minimum atomic E-state index is -0.281. The molecule has 0 aliphatic heterocycles. The molecular weight excluding hydrogens is 309 g/mol. The molecule has 2 rings (SSSR count). The van der Waals surface area contributed by atoms with Crippen LogP contribution in [0, 0.1) is 5.82 Å². The number of nitrogens with one attached hydrogen (secondary N) is 1. The molecule has 0 aliphatic rings. The van der Waals surface area contributed by atoms with Gasteiger partial charge in [-0.15, -0.1) is 0 Å². The number of nitrogens with zero attached hydrogens (tertiary/aromatic N) is 2. The highest BCUT2D eigenvalue weighted by atomic mass is 79.9. The molecule has 0 saturated heterocycles. The van der Waals surface area contributed by atoms with Crippen LogP contribution in [-0.2, 0) is 6.42 Å². The van der Waals surface area contributed by atoms with E-state index >= 15 is 0 Å². The van der Waals surface area contributed by atoms with Crippen molar-refractivity contribution in [1.82, 2.24) is 15.3 Å². The molecule has 2 heterocycles. The Bertz CT molecular complexity index is 548. The van der Waals surface area contributed by atoms with Crippen LogP contribution in [0.15, 0.2) is 41.3 Å². The number of aromatic nitrogens is 2. The van der Waals surface area contributed by atoms with Gasteiger partial charge in [0, 0.05) is 23.1 Å². The minimum absolute atomic E-state index is 0.151. The molecule has 5 heteroatoms. The highest BCUT2D eigenvalue weighted by Crippen LogP contribution is 2.20. The number of hydrogen-bond acceptors (Lipinski definition) is 3. The summed E-state index contributed by atoms with van der Waals surface area (Å²) in [5.41, 5.74) is 1.48. The van der Waals surface area contributed by atoms with Crippen LogP contribution in [0.2, 0.25) is 0 Å². The standard InChI is InChI=1S/C14H15BrFN3/c1-2-18-13(14-12(16)4-3-5-19-14)7-10-6-11(15)9-17-8-10/h3-6,8-9,13,18H,2,7H2,1H3. The van der Waals surface area contributed by atoms with Crippen LogP contribution in [0.25, 0.3) is 0 Å². The normalized spacial score (nSPS) is 12.4. The lowest BCUT2D eigenvalue weighted by molar-refractivity contribution is 0.494. The second kappa shape index (κ2) is 6.73. The van der Waals surface area contributed by atoms with Gasteiger partial charge in [-0.05, 0) is 52.7 Å². The average Bonchev–Trinajstić information content (AvgIpc) is 2.39. The fourth-order valence-corrected chi connectivity index (χ4v) is 2.38. The van der Waals surface area contributed by atoms with E-state index in [4.69, 9.17) is 0 Å². The number of hydrogen-bond donors (Lipinski definition) is 1. The van der Waals surface area contributed by atoms with Gasteiger partial charge >= 0.3 is 0 Å². The van der Waals surface area contributed by atoms with Crippen molar-refractivity contribution in [3.63, 3.8) is 0 Å². The quantitative estimate of drug-likeness (QED) is 0.917. The molecule has 1 unspecified atom stereocenters. The fraction of sp³-hybridized carbons (Fsp3) is 0.286. The molecule has 3 nitrogen and oxygen atoms in total. The van der Waals surface area contributed by atoms with Crippen molar-refractivity contribution in [2.24, 2.45) is 0 Å². The predicted molar refractivity (Wildman–Crippen MR) is 76.3 cm³/mol. The maximum absolute atomic E-state index is 13.8. The van der Waals surface area contributed by atoms with Crippen molar-refractivity contribution in [3.8, 4) is 0 Å². The molecule has 0 bridgehead atoms. The molecule has 0 amide bonds. The zero-order chi connectivity index (χ0) is 13.7. The van der Waals surface area contributed by atoms with Gasteiger partial charge in [-0.2, -0.15) is 0 Å². The Morgan fingerprint density at radius 3 is 2.95 bits per heavy atom. The molecule has 0 aliphatic carbocycles. The Hall–Kier alpha value is -1.33. The smallest absolute Gasteiger partial charge is 0.146 e. The summed E-state index contributed by atoms with van der Waals surface area (Å²) in [5.74, 6) is -0.281. The van der Waals surface area contributed by atoms with Crippen molar-refractivity contribution in [2.45, 2.75) is 19.4 Å². The lowest BCUT2D eigenvalue weighted by Crippen LogP contribution is -2.25. The lowest BCUT2D eigenvalue weighted by Gasteiger charge is -2.17. The van der Waals surface area contributed by atoms with Crippen molar-refractivity contribution in [1.29, 1.82) is 0 Å². The van der Waals surface area contributed by atoms with Gasteiger partial charge in [0.2, 0.25) is 0 Å². The SMILES string of the molecule is CCNC(Cc1cncc(Br)c1)c1ncccc1F. The summed E-state index contributed by atoms with van der Waals surface area (Å²) in [4.78, 5) is 8.27. The van der Waals surface area contributed by atoms with Gasteiger partial charge in [0.25, 0.3) is 0 Å². The molecule has 0 aromatic carbocycles. The predicted octanol–water partition coefficient (Wildman–Crippen LogP) is 3.27. The first kappa shape index (κ1) is 14.1. The summed E-state index contributed by atoms with van der Waals surface area (Å²) in [6, 6.07) is 4.87. The second-order valence-electron chi connectivity index (χ2n) is 4.20. The second-order valence-corrected chi connectivity index (χ2v) is 5.11. The summed E-state index contributed by atoms with van der Waals surface area (Å²) in [6.45, 7) is 2.75. The van der Waals surface area contributed by atoms with Crippen molar-refractivity contribution in [2.75, 3.05) is 6.54 Å². The third kappa shape index (κ3) is 3.81. The molecule has 1 atom stereocenters. The van der Waals surface area contributed by atoms with Gasteiger partial charge in [-0.3, -0.25) is 9.97 Å². The zero-order valence-corrected chi connectivity index (χ0v) is 12.2. The topological polar surface area (TPSA) is 37.8 Å². The monoisotopic (exact) mass is 323 g/mol. The van der Waals surface area contributed by atoms with E-state index in [0.717, 1.165) is 16.6 Å². The molecule has 0 radical (unpaired) electrons. The molecule has 0 saturated carbocycles. The third-order valence-electron chi connectivity index (χ3n) is 2.77. The fourth-order valence-electron chi connectivity index (χ4n) is 1.97. The minimum Gasteiger partial charge on any atom is -0.309 e. The molecule has 2 aromatic heterocycles. The largest absolute Gasteiger partial charge is 0.309 e. The van der Waals surface area contributed by atoms with Crippen LogP contribution < -0.4 is 5.32 Å². The van der Waals surface area contributed by atoms with Gasteiger partial charge in [0.1, 0.15) is 5.82 Å². The highest BCUT2D eigenvalue weighted by Gasteiger charge is 2.16. The van der Waals surface area contributed by atoms with Crippen LogP contribution in [0.4, 0.5) is 4.39 Å². The van der Waals surface area contributed by atoms with Crippen LogP contribution >= 0.6 is 15.9 Å². The van der Waals surface area contributed by atoms with Gasteiger partial charge in [0.05, 0.1) is 11.7 Å². The Morgan fingerprint density at radius 1 is 1.42 bits per heavy atom. The van der Waals surface area contributed by atoms with Crippen LogP contribution in [-0.4, -0.2) is 16.5 Å². The summed E-state index contributed by atoms with van der Waals surface area (Å²) >= 11 is 3.39. The number of rotatable bonds is 5. The van der Waals surface area contributed by atoms with E-state index in [9.17, 15) is 4.39 Å². The Balaban J connectivity index is 2.24. The summed E-state index contributed by atoms with van der Waals surface area (Å²) in [6.07, 6.45) is 5.78. The summed E-state index contributed by atoms with van der Waals surface area (Å²) in [5, 5.41) is 3.26. The van der Waals surface area contributed by atoms with Gasteiger partial charge in [-0.25, -0.2) is 4.39 Å². The van der Waals surface area contributed by atoms with E-state index < -0.39 is 0 Å². The Kier molecular flexibility index (Phi) is 4.99. The van der Waals surface area contributed by atoms with Crippen molar-refractivity contribution in [3.05, 3.63) is 58.3 Å². The average molecular weight is 324 g/mol. The number of likely N-dealkylation sites (N-methyl/N-ethyl adjacent to an activating group) is 1. The zero-order valence-electron chi connectivity index (χ0n) is 10.6. The van der Waals surface area contributed by atoms with E-state index in [1.165, 1.54) is 6.07 Å². The summed E-state index contributed by atoms with van der Waals surface area (Å²) in [7, 11) is 0. The first-order chi connectivity index (χ1) is 9.20. The Labute approximate surface area is 120 Å². The molecular formula is C14H15BrFN3. The van der Waals surface area contributed by atoms with Crippen LogP contribution in [0.5, 0.6) is 0 Å². The Morgan fingerprint density at radius 2 is 2.26 bits per heavy atom. The van der Waals surface area contributed by atoms with Gasteiger partial charge < -0.3 is 5.32 Å². The van der Waals surface area contributed by atoms with Crippen molar-refractivity contribution >= 4 is 15.9 Å². The van der Waals surface area contributed by atoms with E-state index in [0.29, 0.717) is 12.1 Å². The van der Waals surface area contributed by atoms with E-state index in [-0.39, 0.29) is 11.9 Å². The van der Waals surface area contributed by atoms with E-state index in [2.05, 4.69) is 31.2 Å². The third-order valence-corrected chi connectivity index (χ3v) is 3.20. The maximum atomic E-state index is 13.8.